The Bertz CT molecular complexity index is 812. The highest BCUT2D eigenvalue weighted by Crippen LogP contribution is 2.45. The first kappa shape index (κ1) is 15.8. The molecule has 0 atom stereocenters. The van der Waals surface area contributed by atoms with Gasteiger partial charge in [0, 0.05) is 16.9 Å². The second-order valence-electron chi connectivity index (χ2n) is 6.13. The Kier molecular flexibility index (Phi) is 4.14. The van der Waals surface area contributed by atoms with Crippen LogP contribution in [0.1, 0.15) is 48.7 Å². The summed E-state index contributed by atoms with van der Waals surface area (Å²) in [5.41, 5.74) is 0.758. The molecule has 5 nitrogen and oxygen atoms in total. The van der Waals surface area contributed by atoms with Crippen LogP contribution >= 0.6 is 23.6 Å². The van der Waals surface area contributed by atoms with Crippen molar-refractivity contribution in [3.63, 3.8) is 0 Å². The van der Waals surface area contributed by atoms with E-state index in [9.17, 15) is 4.79 Å². The number of carbonyl (C=O) groups is 1. The largest absolute Gasteiger partial charge is 0.462 e. The Morgan fingerprint density at radius 2 is 2.25 bits per heavy atom. The quantitative estimate of drug-likeness (QED) is 0.649. The Morgan fingerprint density at radius 1 is 1.46 bits per heavy atom. The minimum atomic E-state index is -0.305. The van der Waals surface area contributed by atoms with Crippen LogP contribution in [0.2, 0.25) is 0 Å². The molecule has 24 heavy (non-hydrogen) atoms. The van der Waals surface area contributed by atoms with Gasteiger partial charge < -0.3 is 10.1 Å². The molecule has 2 aromatic heterocycles. The van der Waals surface area contributed by atoms with E-state index in [0.717, 1.165) is 34.4 Å². The first-order valence-electron chi connectivity index (χ1n) is 8.39. The smallest absolute Gasteiger partial charge is 0.350 e. The van der Waals surface area contributed by atoms with E-state index >= 15 is 0 Å². The van der Waals surface area contributed by atoms with E-state index in [0.29, 0.717) is 22.6 Å². The number of hydrogen-bond donors (Lipinski definition) is 1. The SMILES string of the molecule is CCOC(=O)c1sc2ccnc3c2c1NC(=S)N3C1CCCCC1. The number of pyridine rings is 1. The third kappa shape index (κ3) is 2.46. The van der Waals surface area contributed by atoms with Crippen LogP contribution < -0.4 is 10.2 Å². The van der Waals surface area contributed by atoms with Crippen LogP contribution in [-0.2, 0) is 4.74 Å². The number of rotatable bonds is 3. The highest BCUT2D eigenvalue weighted by atomic mass is 32.1. The summed E-state index contributed by atoms with van der Waals surface area (Å²) in [5, 5.41) is 4.91. The van der Waals surface area contributed by atoms with Crippen molar-refractivity contribution in [3.05, 3.63) is 17.1 Å². The molecular formula is C17H19N3O2S2. The molecule has 7 heteroatoms. The lowest BCUT2D eigenvalue weighted by molar-refractivity contribution is 0.0533. The van der Waals surface area contributed by atoms with Gasteiger partial charge >= 0.3 is 5.97 Å². The third-order valence-corrected chi connectivity index (χ3v) is 6.10. The van der Waals surface area contributed by atoms with Gasteiger partial charge in [-0.3, -0.25) is 4.90 Å². The van der Waals surface area contributed by atoms with Crippen LogP contribution in [0, 0.1) is 0 Å². The zero-order valence-corrected chi connectivity index (χ0v) is 15.1. The van der Waals surface area contributed by atoms with Crippen LogP contribution in [0.4, 0.5) is 11.5 Å². The summed E-state index contributed by atoms with van der Waals surface area (Å²) < 4.78 is 6.23. The van der Waals surface area contributed by atoms with Gasteiger partial charge in [0.2, 0.25) is 0 Å². The van der Waals surface area contributed by atoms with Gasteiger partial charge in [-0.25, -0.2) is 9.78 Å². The van der Waals surface area contributed by atoms with Crippen LogP contribution in [0.5, 0.6) is 0 Å². The summed E-state index contributed by atoms with van der Waals surface area (Å²) in [6.45, 7) is 2.17. The van der Waals surface area contributed by atoms with Gasteiger partial charge in [-0.1, -0.05) is 19.3 Å². The van der Waals surface area contributed by atoms with Crippen molar-refractivity contribution >= 4 is 56.2 Å². The van der Waals surface area contributed by atoms with Crippen LogP contribution in [0.25, 0.3) is 10.1 Å². The van der Waals surface area contributed by atoms with Crippen molar-refractivity contribution < 1.29 is 9.53 Å². The molecule has 1 N–H and O–H groups in total. The molecule has 0 radical (unpaired) electrons. The average Bonchev–Trinajstić information content (AvgIpc) is 2.96. The molecule has 2 aliphatic rings. The number of thiophene rings is 1. The van der Waals surface area contributed by atoms with Crippen molar-refractivity contribution in [1.29, 1.82) is 0 Å². The second-order valence-corrected chi connectivity index (χ2v) is 7.57. The number of carbonyl (C=O) groups excluding carboxylic acids is 1. The van der Waals surface area contributed by atoms with Crippen molar-refractivity contribution in [2.24, 2.45) is 0 Å². The molecule has 0 amide bonds. The summed E-state index contributed by atoms with van der Waals surface area (Å²) in [7, 11) is 0. The number of thiocarbonyl (C=S) groups is 1. The molecule has 0 aromatic carbocycles. The summed E-state index contributed by atoms with van der Waals surface area (Å²) in [5.74, 6) is 0.575. The van der Waals surface area contributed by atoms with Crippen molar-refractivity contribution in [2.45, 2.75) is 45.1 Å². The van der Waals surface area contributed by atoms with Crippen molar-refractivity contribution in [3.8, 4) is 0 Å². The maximum atomic E-state index is 12.3. The summed E-state index contributed by atoms with van der Waals surface area (Å²) >= 11 is 7.07. The molecule has 0 saturated heterocycles. The Balaban J connectivity index is 1.84. The zero-order chi connectivity index (χ0) is 16.7. The zero-order valence-electron chi connectivity index (χ0n) is 13.5. The summed E-state index contributed by atoms with van der Waals surface area (Å²) in [4.78, 5) is 19.6. The van der Waals surface area contributed by atoms with Gasteiger partial charge in [-0.15, -0.1) is 11.3 Å². The molecule has 2 aromatic rings. The highest BCUT2D eigenvalue weighted by molar-refractivity contribution is 7.80. The molecule has 1 fully saturated rings. The number of hydrogen-bond acceptors (Lipinski definition) is 5. The van der Waals surface area contributed by atoms with E-state index in [2.05, 4.69) is 15.2 Å². The normalized spacial score (nSPS) is 17.9. The fraction of sp³-hybridized carbons (Fsp3) is 0.471. The number of nitrogens with zero attached hydrogens (tertiary/aromatic N) is 2. The van der Waals surface area contributed by atoms with Gasteiger partial charge in [0.05, 0.1) is 17.7 Å². The van der Waals surface area contributed by atoms with E-state index in [1.165, 1.54) is 30.6 Å². The number of aromatic nitrogens is 1. The van der Waals surface area contributed by atoms with E-state index in [1.807, 2.05) is 13.0 Å². The Labute approximate surface area is 150 Å². The molecule has 0 spiro atoms. The lowest BCUT2D eigenvalue weighted by Crippen LogP contribution is -2.46. The van der Waals surface area contributed by atoms with Gasteiger partial charge in [0.15, 0.2) is 5.11 Å². The van der Waals surface area contributed by atoms with Crippen LogP contribution in [0.15, 0.2) is 12.3 Å². The number of anilines is 2. The molecule has 0 unspecified atom stereocenters. The summed E-state index contributed by atoms with van der Waals surface area (Å²) in [6, 6.07) is 2.33. The average molecular weight is 361 g/mol. The predicted octanol–water partition coefficient (Wildman–Crippen LogP) is 4.32. The van der Waals surface area contributed by atoms with Crippen LogP contribution in [0.3, 0.4) is 0 Å². The first-order valence-corrected chi connectivity index (χ1v) is 9.62. The topological polar surface area (TPSA) is 54.5 Å². The predicted molar refractivity (Wildman–Crippen MR) is 101 cm³/mol. The lowest BCUT2D eigenvalue weighted by atomic mass is 9.94. The second kappa shape index (κ2) is 6.29. The third-order valence-electron chi connectivity index (χ3n) is 4.66. The number of nitrogens with one attached hydrogen (secondary N) is 1. The van der Waals surface area contributed by atoms with Gasteiger partial charge in [0.1, 0.15) is 10.7 Å². The standard InChI is InChI=1S/C17H19N3O2S2/c1-2-22-16(21)14-13-12-11(24-14)8-9-18-15(12)20(17(23)19-13)10-6-4-3-5-7-10/h8-10H,2-7H2,1H3,(H,19,23). The van der Waals surface area contributed by atoms with E-state index in [4.69, 9.17) is 17.0 Å². The molecule has 0 bridgehead atoms. The molecule has 1 aliphatic heterocycles. The molecule has 4 rings (SSSR count). The van der Waals surface area contributed by atoms with E-state index in [1.54, 1.807) is 6.20 Å². The van der Waals surface area contributed by atoms with E-state index < -0.39 is 0 Å². The van der Waals surface area contributed by atoms with Gasteiger partial charge in [-0.05, 0) is 38.0 Å². The molecule has 3 heterocycles. The van der Waals surface area contributed by atoms with Crippen molar-refractivity contribution in [1.82, 2.24) is 4.98 Å². The molecule has 126 valence electrons. The minimum Gasteiger partial charge on any atom is -0.462 e. The Hall–Kier alpha value is -1.73. The Morgan fingerprint density at radius 3 is 3.00 bits per heavy atom. The highest BCUT2D eigenvalue weighted by Gasteiger charge is 2.34. The maximum Gasteiger partial charge on any atom is 0.350 e. The fourth-order valence-electron chi connectivity index (χ4n) is 3.61. The van der Waals surface area contributed by atoms with E-state index in [-0.39, 0.29) is 5.97 Å². The van der Waals surface area contributed by atoms with Gasteiger partial charge in [0.25, 0.3) is 0 Å². The summed E-state index contributed by atoms with van der Waals surface area (Å²) in [6.07, 6.45) is 7.80. The van der Waals surface area contributed by atoms with Crippen molar-refractivity contribution in [2.75, 3.05) is 16.8 Å². The number of ether oxygens (including phenoxy) is 1. The maximum absolute atomic E-state index is 12.3. The van der Waals surface area contributed by atoms with Crippen LogP contribution in [-0.4, -0.2) is 28.7 Å². The fourth-order valence-corrected chi connectivity index (χ4v) is 4.99. The number of esters is 1. The van der Waals surface area contributed by atoms with Gasteiger partial charge in [-0.2, -0.15) is 0 Å². The first-order chi connectivity index (χ1) is 11.7. The monoisotopic (exact) mass is 361 g/mol. The lowest BCUT2D eigenvalue weighted by Gasteiger charge is -2.38. The minimum absolute atomic E-state index is 0.305. The molecule has 1 aliphatic carbocycles. The molecule has 1 saturated carbocycles. The molecular weight excluding hydrogens is 342 g/mol.